The first-order chi connectivity index (χ1) is 9.16. The second-order valence-corrected chi connectivity index (χ2v) is 5.24. The highest BCUT2D eigenvalue weighted by molar-refractivity contribution is 5.30. The van der Waals surface area contributed by atoms with Crippen molar-refractivity contribution in [2.75, 3.05) is 0 Å². The Morgan fingerprint density at radius 2 is 1.68 bits per heavy atom. The van der Waals surface area contributed by atoms with E-state index in [1.54, 1.807) is 0 Å². The van der Waals surface area contributed by atoms with Crippen molar-refractivity contribution < 1.29 is 5.11 Å². The molecular formula is C18H22O. The van der Waals surface area contributed by atoms with Crippen molar-refractivity contribution in [1.29, 1.82) is 0 Å². The van der Waals surface area contributed by atoms with E-state index >= 15 is 0 Å². The zero-order chi connectivity index (χ0) is 13.7. The summed E-state index contributed by atoms with van der Waals surface area (Å²) in [5, 5.41) is 10.1. The van der Waals surface area contributed by atoms with Gasteiger partial charge in [-0.15, -0.1) is 0 Å². The quantitative estimate of drug-likeness (QED) is 0.840. The molecule has 0 aliphatic heterocycles. The third kappa shape index (κ3) is 3.93. The van der Waals surface area contributed by atoms with Crippen LogP contribution < -0.4 is 0 Å². The summed E-state index contributed by atoms with van der Waals surface area (Å²) < 4.78 is 0. The molecule has 1 heteroatoms. The Kier molecular flexibility index (Phi) is 4.75. The van der Waals surface area contributed by atoms with Crippen molar-refractivity contribution >= 4 is 0 Å². The molecule has 2 rings (SSSR count). The van der Waals surface area contributed by atoms with E-state index in [1.165, 1.54) is 16.7 Å². The molecule has 0 saturated carbocycles. The molecular weight excluding hydrogens is 232 g/mol. The minimum absolute atomic E-state index is 0.340. The van der Waals surface area contributed by atoms with E-state index < -0.39 is 0 Å². The molecule has 1 nitrogen and oxygen atoms in total. The molecule has 0 bridgehead atoms. The summed E-state index contributed by atoms with van der Waals surface area (Å²) >= 11 is 0. The monoisotopic (exact) mass is 254 g/mol. The lowest BCUT2D eigenvalue weighted by atomic mass is 9.99. The van der Waals surface area contributed by atoms with Gasteiger partial charge in [-0.1, -0.05) is 48.5 Å². The lowest BCUT2D eigenvalue weighted by molar-refractivity contribution is 0.164. The number of benzene rings is 2. The highest BCUT2D eigenvalue weighted by atomic mass is 16.3. The van der Waals surface area contributed by atoms with Gasteiger partial charge < -0.3 is 5.11 Å². The van der Waals surface area contributed by atoms with Gasteiger partial charge in [0.25, 0.3) is 0 Å². The number of hydrogen-bond acceptors (Lipinski definition) is 1. The minimum atomic E-state index is -0.340. The van der Waals surface area contributed by atoms with Crippen molar-refractivity contribution in [3.63, 3.8) is 0 Å². The normalized spacial score (nSPS) is 12.4. The van der Waals surface area contributed by atoms with Crippen LogP contribution in [0, 0.1) is 13.8 Å². The third-order valence-corrected chi connectivity index (χ3v) is 3.70. The SMILES string of the molecule is Cc1ccc(CCCC(O)c2ccccc2)cc1C. The molecule has 2 aromatic rings. The van der Waals surface area contributed by atoms with Crippen LogP contribution in [-0.4, -0.2) is 5.11 Å². The maximum atomic E-state index is 10.1. The summed E-state index contributed by atoms with van der Waals surface area (Å²) in [5.41, 5.74) is 5.07. The number of aliphatic hydroxyl groups excluding tert-OH is 1. The maximum absolute atomic E-state index is 10.1. The fraction of sp³-hybridized carbons (Fsp3) is 0.333. The topological polar surface area (TPSA) is 20.2 Å². The molecule has 0 aliphatic carbocycles. The van der Waals surface area contributed by atoms with Crippen LogP contribution in [0.15, 0.2) is 48.5 Å². The van der Waals surface area contributed by atoms with Crippen molar-refractivity contribution in [3.8, 4) is 0 Å². The van der Waals surface area contributed by atoms with Gasteiger partial charge in [-0.2, -0.15) is 0 Å². The Labute approximate surface area is 115 Å². The van der Waals surface area contributed by atoms with Crippen LogP contribution in [0.5, 0.6) is 0 Å². The Bertz CT molecular complexity index is 516. The van der Waals surface area contributed by atoms with Crippen molar-refractivity contribution in [2.24, 2.45) is 0 Å². The molecule has 0 radical (unpaired) electrons. The van der Waals surface area contributed by atoms with Crippen LogP contribution in [0.2, 0.25) is 0 Å². The van der Waals surface area contributed by atoms with Gasteiger partial charge in [-0.3, -0.25) is 0 Å². The predicted octanol–water partition coefficient (Wildman–Crippen LogP) is 4.36. The lowest BCUT2D eigenvalue weighted by Gasteiger charge is -2.11. The molecule has 0 aromatic heterocycles. The Morgan fingerprint density at radius 3 is 2.37 bits per heavy atom. The van der Waals surface area contributed by atoms with Gasteiger partial charge in [0.2, 0.25) is 0 Å². The van der Waals surface area contributed by atoms with Crippen molar-refractivity contribution in [3.05, 3.63) is 70.8 Å². The standard InChI is InChI=1S/C18H22O/c1-14-11-12-16(13-15(14)2)7-6-10-18(19)17-8-4-3-5-9-17/h3-5,8-9,11-13,18-19H,6-7,10H2,1-2H3. The van der Waals surface area contributed by atoms with E-state index in [9.17, 15) is 5.11 Å². The van der Waals surface area contributed by atoms with Crippen LogP contribution in [-0.2, 0) is 6.42 Å². The first kappa shape index (κ1) is 13.8. The van der Waals surface area contributed by atoms with Crippen molar-refractivity contribution in [2.45, 2.75) is 39.2 Å². The Balaban J connectivity index is 1.85. The number of rotatable bonds is 5. The van der Waals surface area contributed by atoms with Gasteiger partial charge >= 0.3 is 0 Å². The zero-order valence-electron chi connectivity index (χ0n) is 11.8. The van der Waals surface area contributed by atoms with E-state index in [1.807, 2.05) is 30.3 Å². The van der Waals surface area contributed by atoms with Crippen LogP contribution in [0.25, 0.3) is 0 Å². The first-order valence-electron chi connectivity index (χ1n) is 6.96. The van der Waals surface area contributed by atoms with Gasteiger partial charge in [-0.25, -0.2) is 0 Å². The molecule has 0 saturated heterocycles. The Hall–Kier alpha value is -1.60. The van der Waals surface area contributed by atoms with Gasteiger partial charge in [-0.05, 0) is 55.4 Å². The van der Waals surface area contributed by atoms with Gasteiger partial charge in [0.15, 0.2) is 0 Å². The molecule has 0 aliphatic rings. The summed E-state index contributed by atoms with van der Waals surface area (Å²) in [6.45, 7) is 4.29. The predicted molar refractivity (Wildman–Crippen MR) is 80.3 cm³/mol. The average Bonchev–Trinajstić information content (AvgIpc) is 2.43. The highest BCUT2D eigenvalue weighted by Crippen LogP contribution is 2.19. The fourth-order valence-electron chi connectivity index (χ4n) is 2.30. The second kappa shape index (κ2) is 6.53. The fourth-order valence-corrected chi connectivity index (χ4v) is 2.30. The van der Waals surface area contributed by atoms with Gasteiger partial charge in [0.05, 0.1) is 6.10 Å². The first-order valence-corrected chi connectivity index (χ1v) is 6.96. The van der Waals surface area contributed by atoms with Gasteiger partial charge in [0.1, 0.15) is 0 Å². The minimum Gasteiger partial charge on any atom is -0.388 e. The molecule has 0 heterocycles. The zero-order valence-corrected chi connectivity index (χ0v) is 11.8. The van der Waals surface area contributed by atoms with E-state index in [-0.39, 0.29) is 6.10 Å². The van der Waals surface area contributed by atoms with Crippen LogP contribution in [0.3, 0.4) is 0 Å². The molecule has 1 N–H and O–H groups in total. The van der Waals surface area contributed by atoms with E-state index in [0.29, 0.717) is 0 Å². The smallest absolute Gasteiger partial charge is 0.0790 e. The molecule has 19 heavy (non-hydrogen) atoms. The summed E-state index contributed by atoms with van der Waals surface area (Å²) in [6.07, 6.45) is 2.52. The lowest BCUT2D eigenvalue weighted by Crippen LogP contribution is -1.98. The molecule has 1 atom stereocenters. The summed E-state index contributed by atoms with van der Waals surface area (Å²) in [6, 6.07) is 16.5. The number of hydrogen-bond donors (Lipinski definition) is 1. The van der Waals surface area contributed by atoms with E-state index in [4.69, 9.17) is 0 Å². The van der Waals surface area contributed by atoms with Crippen LogP contribution in [0.4, 0.5) is 0 Å². The summed E-state index contributed by atoms with van der Waals surface area (Å²) in [4.78, 5) is 0. The molecule has 100 valence electrons. The maximum Gasteiger partial charge on any atom is 0.0790 e. The molecule has 1 unspecified atom stereocenters. The van der Waals surface area contributed by atoms with Crippen LogP contribution >= 0.6 is 0 Å². The Morgan fingerprint density at radius 1 is 0.947 bits per heavy atom. The summed E-state index contributed by atoms with van der Waals surface area (Å²) in [5.74, 6) is 0. The molecule has 0 spiro atoms. The number of aliphatic hydroxyl groups is 1. The van der Waals surface area contributed by atoms with E-state index in [2.05, 4.69) is 32.0 Å². The molecule has 0 amide bonds. The van der Waals surface area contributed by atoms with Crippen LogP contribution in [0.1, 0.15) is 41.2 Å². The third-order valence-electron chi connectivity index (χ3n) is 3.70. The van der Waals surface area contributed by atoms with Gasteiger partial charge in [0, 0.05) is 0 Å². The average molecular weight is 254 g/mol. The second-order valence-electron chi connectivity index (χ2n) is 5.24. The highest BCUT2D eigenvalue weighted by Gasteiger charge is 2.06. The molecule has 2 aromatic carbocycles. The van der Waals surface area contributed by atoms with Crippen molar-refractivity contribution in [1.82, 2.24) is 0 Å². The summed E-state index contributed by atoms with van der Waals surface area (Å²) in [7, 11) is 0. The largest absolute Gasteiger partial charge is 0.388 e. The number of aryl methyl sites for hydroxylation is 3. The van der Waals surface area contributed by atoms with E-state index in [0.717, 1.165) is 24.8 Å². The molecule has 0 fully saturated rings.